The van der Waals surface area contributed by atoms with E-state index in [2.05, 4.69) is 0 Å². The number of carbonyl (C=O) groups is 2. The monoisotopic (exact) mass is 515 g/mol. The summed E-state index contributed by atoms with van der Waals surface area (Å²) in [6.45, 7) is 4.65. The highest BCUT2D eigenvalue weighted by molar-refractivity contribution is 6.22. The van der Waals surface area contributed by atoms with Crippen LogP contribution in [0.5, 0.6) is 11.5 Å². The highest BCUT2D eigenvalue weighted by Gasteiger charge is 2.38. The van der Waals surface area contributed by atoms with Crippen molar-refractivity contribution in [3.63, 3.8) is 0 Å². The summed E-state index contributed by atoms with van der Waals surface area (Å²) in [7, 11) is 0. The van der Waals surface area contributed by atoms with Gasteiger partial charge in [0.05, 0.1) is 33.8 Å². The minimum absolute atomic E-state index is 0.0142. The first kappa shape index (κ1) is 25.1. The van der Waals surface area contributed by atoms with Crippen LogP contribution >= 0.6 is 0 Å². The van der Waals surface area contributed by atoms with Gasteiger partial charge in [-0.3, -0.25) is 23.9 Å². The molecule has 8 nitrogen and oxygen atoms in total. The Balaban J connectivity index is 1.53. The summed E-state index contributed by atoms with van der Waals surface area (Å²) >= 11 is 0. The van der Waals surface area contributed by atoms with Gasteiger partial charge in [0, 0.05) is 13.0 Å². The predicted octanol–water partition coefficient (Wildman–Crippen LogP) is 4.63. The lowest BCUT2D eigenvalue weighted by Crippen LogP contribution is -2.33. The zero-order valence-corrected chi connectivity index (χ0v) is 21.2. The first-order chi connectivity index (χ1) is 18.3. The van der Waals surface area contributed by atoms with E-state index in [1.54, 1.807) is 48.5 Å². The molecule has 2 amide bonds. The third-order valence-electron chi connectivity index (χ3n) is 6.29. The van der Waals surface area contributed by atoms with Crippen molar-refractivity contribution >= 4 is 22.7 Å². The van der Waals surface area contributed by atoms with Crippen molar-refractivity contribution < 1.29 is 23.5 Å². The van der Waals surface area contributed by atoms with Gasteiger partial charge < -0.3 is 9.47 Å². The number of rotatable bonds is 8. The molecule has 3 aromatic carbocycles. The van der Waals surface area contributed by atoms with Gasteiger partial charge in [-0.15, -0.1) is 0 Å². The van der Waals surface area contributed by atoms with Gasteiger partial charge in [-0.1, -0.05) is 12.1 Å². The number of hydrogen-bond acceptors (Lipinski definition) is 6. The zero-order chi connectivity index (χ0) is 27.0. The highest BCUT2D eigenvalue weighted by Crippen LogP contribution is 2.32. The highest BCUT2D eigenvalue weighted by atomic mass is 19.1. The summed E-state index contributed by atoms with van der Waals surface area (Å²) in [5.74, 6) is 0.199. The molecular weight excluding hydrogens is 489 g/mol. The van der Waals surface area contributed by atoms with Crippen LogP contribution in [0, 0.1) is 6.92 Å². The fourth-order valence-electron chi connectivity index (χ4n) is 4.60. The summed E-state index contributed by atoms with van der Waals surface area (Å²) in [6, 6.07) is 16.7. The molecule has 2 heterocycles. The number of nitrogens with zero attached hydrogens (tertiary/aromatic N) is 3. The number of ether oxygens (including phenoxy) is 2. The van der Waals surface area contributed by atoms with Gasteiger partial charge in [-0.2, -0.15) is 0 Å². The van der Waals surface area contributed by atoms with Crippen LogP contribution in [0.3, 0.4) is 0 Å². The number of halogens is 1. The summed E-state index contributed by atoms with van der Waals surface area (Å²) in [6.07, 6.45) is -0.0342. The Bertz CT molecular complexity index is 1610. The van der Waals surface area contributed by atoms with E-state index in [-0.39, 0.29) is 35.8 Å². The maximum Gasteiger partial charge on any atom is 0.265 e. The first-order valence-corrected chi connectivity index (χ1v) is 12.3. The topological polar surface area (TPSA) is 90.7 Å². The van der Waals surface area contributed by atoms with E-state index in [0.29, 0.717) is 33.9 Å². The maximum absolute atomic E-state index is 13.6. The normalized spacial score (nSPS) is 12.9. The largest absolute Gasteiger partial charge is 0.490 e. The van der Waals surface area contributed by atoms with Crippen molar-refractivity contribution in [2.75, 3.05) is 13.4 Å². The molecule has 0 saturated heterocycles. The number of alkyl halides is 1. The van der Waals surface area contributed by atoms with Gasteiger partial charge >= 0.3 is 0 Å². The van der Waals surface area contributed by atoms with Crippen molar-refractivity contribution in [2.24, 2.45) is 0 Å². The Morgan fingerprint density at radius 1 is 0.974 bits per heavy atom. The molecule has 0 spiro atoms. The molecule has 0 atom stereocenters. The third kappa shape index (κ3) is 4.51. The number of imide groups is 1. The second kappa shape index (κ2) is 10.1. The van der Waals surface area contributed by atoms with E-state index in [9.17, 15) is 18.8 Å². The van der Waals surface area contributed by atoms with Crippen molar-refractivity contribution in [3.8, 4) is 17.2 Å². The maximum atomic E-state index is 13.6. The van der Waals surface area contributed by atoms with E-state index in [4.69, 9.17) is 14.5 Å². The van der Waals surface area contributed by atoms with Crippen molar-refractivity contribution in [2.45, 2.75) is 33.3 Å². The van der Waals surface area contributed by atoms with Crippen molar-refractivity contribution in [3.05, 3.63) is 93.5 Å². The summed E-state index contributed by atoms with van der Waals surface area (Å²) in [5, 5.41) is 0.430. The molecule has 0 aliphatic carbocycles. The van der Waals surface area contributed by atoms with Crippen molar-refractivity contribution in [1.29, 1.82) is 0 Å². The second-order valence-electron chi connectivity index (χ2n) is 9.29. The van der Waals surface area contributed by atoms with Crippen LogP contribution in [-0.4, -0.2) is 45.8 Å². The number of aromatic nitrogens is 2. The molecule has 1 aliphatic heterocycles. The molecule has 0 bridgehead atoms. The lowest BCUT2D eigenvalue weighted by Gasteiger charge is -2.18. The summed E-state index contributed by atoms with van der Waals surface area (Å²) in [4.78, 5) is 46.0. The average molecular weight is 516 g/mol. The molecule has 5 rings (SSSR count). The van der Waals surface area contributed by atoms with E-state index in [1.165, 1.54) is 4.57 Å². The molecule has 1 aromatic heterocycles. The van der Waals surface area contributed by atoms with Gasteiger partial charge in [0.1, 0.15) is 17.3 Å². The minimum Gasteiger partial charge on any atom is -0.490 e. The van der Waals surface area contributed by atoms with Gasteiger partial charge in [-0.25, -0.2) is 9.37 Å². The molecule has 38 heavy (non-hydrogen) atoms. The molecule has 1 aliphatic rings. The third-order valence-corrected chi connectivity index (χ3v) is 6.29. The van der Waals surface area contributed by atoms with Crippen LogP contribution in [0.2, 0.25) is 0 Å². The van der Waals surface area contributed by atoms with E-state index in [1.807, 2.05) is 32.9 Å². The number of carbonyl (C=O) groups excluding carboxylic acids is 2. The Morgan fingerprint density at radius 2 is 1.74 bits per heavy atom. The Hall–Kier alpha value is -4.53. The van der Waals surface area contributed by atoms with Crippen LogP contribution in [0.1, 0.15) is 46.0 Å². The number of benzene rings is 3. The molecule has 4 aromatic rings. The van der Waals surface area contributed by atoms with Crippen LogP contribution < -0.4 is 15.0 Å². The first-order valence-electron chi connectivity index (χ1n) is 12.3. The lowest BCUT2D eigenvalue weighted by atomic mass is 10.1. The summed E-state index contributed by atoms with van der Waals surface area (Å²) in [5.41, 5.74) is 2.21. The Kier molecular flexibility index (Phi) is 6.67. The van der Waals surface area contributed by atoms with Gasteiger partial charge in [0.25, 0.3) is 17.4 Å². The van der Waals surface area contributed by atoms with Crippen LogP contribution in [0.25, 0.3) is 16.6 Å². The van der Waals surface area contributed by atoms with E-state index < -0.39 is 18.7 Å². The van der Waals surface area contributed by atoms with E-state index in [0.717, 1.165) is 10.5 Å². The number of fused-ring (bicyclic) bond motifs is 2. The van der Waals surface area contributed by atoms with E-state index >= 15 is 0 Å². The SMILES string of the molecule is Cc1ccc2c(=O)n(-c3ccc(OCF)cc3)c(CCN3C(=O)c4cccc(OC(C)C)c4C3=O)nc2c1. The number of amides is 2. The van der Waals surface area contributed by atoms with Crippen molar-refractivity contribution in [1.82, 2.24) is 14.5 Å². The molecule has 194 valence electrons. The molecule has 9 heteroatoms. The Labute approximate surface area is 218 Å². The van der Waals surface area contributed by atoms with Crippen LogP contribution in [-0.2, 0) is 6.42 Å². The molecule has 0 radical (unpaired) electrons. The lowest BCUT2D eigenvalue weighted by molar-refractivity contribution is 0.0653. The fourth-order valence-corrected chi connectivity index (χ4v) is 4.60. The molecule has 0 N–H and O–H groups in total. The van der Waals surface area contributed by atoms with Crippen LogP contribution in [0.15, 0.2) is 65.5 Å². The minimum atomic E-state index is -0.967. The number of hydrogen-bond donors (Lipinski definition) is 0. The standard InChI is InChI=1S/C29H26FN3O5/c1-17(2)38-24-6-4-5-22-26(24)29(36)32(27(22)34)14-13-25-31-23-15-18(3)7-12-21(23)28(35)33(25)19-8-10-20(11-9-19)37-16-30/h4-12,15,17H,13-14,16H2,1-3H3. The fraction of sp³-hybridized carbons (Fsp3) is 0.241. The smallest absolute Gasteiger partial charge is 0.265 e. The molecular formula is C29H26FN3O5. The van der Waals surface area contributed by atoms with Gasteiger partial charge in [0.2, 0.25) is 6.86 Å². The summed E-state index contributed by atoms with van der Waals surface area (Å²) < 4.78 is 24.7. The zero-order valence-electron chi connectivity index (χ0n) is 21.2. The predicted molar refractivity (Wildman–Crippen MR) is 140 cm³/mol. The van der Waals surface area contributed by atoms with Gasteiger partial charge in [0.15, 0.2) is 0 Å². The number of aryl methyl sites for hydroxylation is 1. The molecule has 0 saturated carbocycles. The Morgan fingerprint density at radius 3 is 2.45 bits per heavy atom. The second-order valence-corrected chi connectivity index (χ2v) is 9.29. The molecule has 0 unspecified atom stereocenters. The quantitative estimate of drug-likeness (QED) is 0.318. The molecule has 0 fully saturated rings. The average Bonchev–Trinajstić information content (AvgIpc) is 3.13. The van der Waals surface area contributed by atoms with Crippen LogP contribution in [0.4, 0.5) is 4.39 Å². The van der Waals surface area contributed by atoms with Gasteiger partial charge in [-0.05, 0) is 74.9 Å².